The van der Waals surface area contributed by atoms with E-state index < -0.39 is 0 Å². The van der Waals surface area contributed by atoms with Crippen LogP contribution < -0.4 is 5.73 Å². The van der Waals surface area contributed by atoms with Gasteiger partial charge in [-0.3, -0.25) is 0 Å². The van der Waals surface area contributed by atoms with Crippen LogP contribution >= 0.6 is 0 Å². The molecule has 0 aromatic heterocycles. The van der Waals surface area contributed by atoms with E-state index >= 15 is 0 Å². The normalized spacial score (nSPS) is 19.9. The minimum atomic E-state index is 0.385. The van der Waals surface area contributed by atoms with Crippen LogP contribution in [-0.4, -0.2) is 25.9 Å². The lowest BCUT2D eigenvalue weighted by Crippen LogP contribution is -2.28. The molecule has 0 saturated carbocycles. The summed E-state index contributed by atoms with van der Waals surface area (Å²) >= 11 is 0. The Hall–Kier alpha value is -1.06. The van der Waals surface area contributed by atoms with Crippen LogP contribution in [0.3, 0.4) is 0 Å². The molecule has 3 aliphatic rings. The maximum Gasteiger partial charge on any atom is 0.0809 e. The Kier molecular flexibility index (Phi) is 5.02. The molecule has 2 aliphatic carbocycles. The van der Waals surface area contributed by atoms with Crippen LogP contribution in [0.15, 0.2) is 18.2 Å². The summed E-state index contributed by atoms with van der Waals surface area (Å²) in [7, 11) is 0. The second-order valence-corrected chi connectivity index (χ2v) is 4.87. The molecule has 0 bridgehead atoms. The summed E-state index contributed by atoms with van der Waals surface area (Å²) < 4.78 is 10.8. The van der Waals surface area contributed by atoms with Gasteiger partial charge in [0.25, 0.3) is 0 Å². The number of rotatable bonds is 4. The number of hydrogen-bond donors (Lipinski definition) is 1. The number of nitrogens with two attached hydrogens (primary N) is 1. The summed E-state index contributed by atoms with van der Waals surface area (Å²) in [6.45, 7) is 4.60. The second kappa shape index (κ2) is 6.76. The first-order valence-corrected chi connectivity index (χ1v) is 6.90. The fourth-order valence-electron chi connectivity index (χ4n) is 2.14. The van der Waals surface area contributed by atoms with Crippen molar-refractivity contribution in [1.29, 1.82) is 0 Å². The van der Waals surface area contributed by atoms with Gasteiger partial charge >= 0.3 is 0 Å². The fraction of sp³-hybridized carbons (Fsp3) is 0.600. The van der Waals surface area contributed by atoms with Crippen molar-refractivity contribution in [2.75, 3.05) is 25.6 Å². The van der Waals surface area contributed by atoms with Gasteiger partial charge in [0.1, 0.15) is 0 Å². The van der Waals surface area contributed by atoms with Crippen LogP contribution in [0.2, 0.25) is 0 Å². The molecule has 1 heterocycles. The third-order valence-corrected chi connectivity index (χ3v) is 3.38. The average molecular weight is 249 g/mol. The van der Waals surface area contributed by atoms with E-state index in [4.69, 9.17) is 15.2 Å². The summed E-state index contributed by atoms with van der Waals surface area (Å²) in [6, 6.07) is 6.08. The molecule has 1 atom stereocenters. The number of ether oxygens (including phenoxy) is 2. The number of benzene rings is 1. The minimum absolute atomic E-state index is 0.385. The van der Waals surface area contributed by atoms with E-state index in [1.807, 2.05) is 12.1 Å². The van der Waals surface area contributed by atoms with Crippen LogP contribution in [0, 0.1) is 10.4 Å². The highest BCUT2D eigenvalue weighted by atomic mass is 16.6. The van der Waals surface area contributed by atoms with E-state index in [0.717, 1.165) is 25.5 Å². The van der Waals surface area contributed by atoms with Crippen molar-refractivity contribution >= 4 is 5.69 Å². The van der Waals surface area contributed by atoms with Crippen LogP contribution in [0.25, 0.3) is 0 Å². The summed E-state index contributed by atoms with van der Waals surface area (Å²) in [5, 5.41) is 2.57. The van der Waals surface area contributed by atoms with Gasteiger partial charge in [0.2, 0.25) is 0 Å². The molecule has 0 amide bonds. The average Bonchev–Trinajstić information content (AvgIpc) is 2.38. The minimum Gasteiger partial charge on any atom is -0.398 e. The Morgan fingerprint density at radius 2 is 2.17 bits per heavy atom. The molecule has 3 nitrogen and oxygen atoms in total. The molecule has 3 heteroatoms. The lowest BCUT2D eigenvalue weighted by molar-refractivity contribution is -0.0912. The molecule has 2 N–H and O–H groups in total. The van der Waals surface area contributed by atoms with Gasteiger partial charge in [-0.2, -0.15) is 0 Å². The van der Waals surface area contributed by atoms with E-state index in [9.17, 15) is 0 Å². The third kappa shape index (κ3) is 3.47. The number of anilines is 1. The first-order chi connectivity index (χ1) is 8.81. The molecule has 3 rings (SSSR count). The number of unbranched alkanes of at least 4 members (excludes halogenated alkanes) is 2. The molecule has 0 aromatic carbocycles. The molecule has 18 heavy (non-hydrogen) atoms. The van der Waals surface area contributed by atoms with Crippen molar-refractivity contribution in [2.24, 2.45) is 0 Å². The molecule has 1 fully saturated rings. The van der Waals surface area contributed by atoms with Gasteiger partial charge in [-0.15, -0.1) is 0 Å². The van der Waals surface area contributed by atoms with Gasteiger partial charge in [-0.05, 0) is 17.7 Å². The first kappa shape index (κ1) is 13.4. The van der Waals surface area contributed by atoms with Gasteiger partial charge in [-0.25, -0.2) is 0 Å². The maximum absolute atomic E-state index is 5.50. The van der Waals surface area contributed by atoms with E-state index in [0.29, 0.717) is 6.10 Å². The zero-order valence-electron chi connectivity index (χ0n) is 11.2. The fourth-order valence-corrected chi connectivity index (χ4v) is 2.14. The Labute approximate surface area is 109 Å². The van der Waals surface area contributed by atoms with Gasteiger partial charge in [0.05, 0.1) is 25.9 Å². The van der Waals surface area contributed by atoms with Crippen LogP contribution in [0.4, 0.5) is 5.69 Å². The highest BCUT2D eigenvalue weighted by Gasteiger charge is 2.12. The quantitative estimate of drug-likeness (QED) is 0.669. The molecule has 0 aromatic rings. The Morgan fingerprint density at radius 3 is 2.56 bits per heavy atom. The Bertz CT molecular complexity index is 452. The van der Waals surface area contributed by atoms with Crippen molar-refractivity contribution in [2.45, 2.75) is 38.7 Å². The van der Waals surface area contributed by atoms with Gasteiger partial charge in [0.15, 0.2) is 0 Å². The molecule has 1 saturated heterocycles. The van der Waals surface area contributed by atoms with E-state index in [1.165, 1.54) is 36.1 Å². The van der Waals surface area contributed by atoms with Crippen LogP contribution in [0.1, 0.15) is 32.6 Å². The van der Waals surface area contributed by atoms with Crippen molar-refractivity contribution in [3.05, 3.63) is 28.6 Å². The molecular weight excluding hydrogens is 226 g/mol. The smallest absolute Gasteiger partial charge is 0.0809 e. The molecular formula is C15H23NO2. The van der Waals surface area contributed by atoms with Gasteiger partial charge in [0, 0.05) is 10.9 Å². The summed E-state index contributed by atoms with van der Waals surface area (Å²) in [4.78, 5) is 0. The number of nitrogen functional groups attached to an aromatic ring is 1. The highest BCUT2D eigenvalue weighted by molar-refractivity contribution is 5.49. The summed E-state index contributed by atoms with van der Waals surface area (Å²) in [5.74, 6) is 0. The van der Waals surface area contributed by atoms with Gasteiger partial charge < -0.3 is 15.2 Å². The predicted molar refractivity (Wildman–Crippen MR) is 73.2 cm³/mol. The predicted octanol–water partition coefficient (Wildman–Crippen LogP) is 2.85. The lowest BCUT2D eigenvalue weighted by atomic mass is 10.1. The van der Waals surface area contributed by atoms with Crippen molar-refractivity contribution in [1.82, 2.24) is 0 Å². The molecule has 1 unspecified atom stereocenters. The topological polar surface area (TPSA) is 44.5 Å². The monoisotopic (exact) mass is 249 g/mol. The van der Waals surface area contributed by atoms with Crippen LogP contribution in [0.5, 0.6) is 0 Å². The molecule has 0 spiro atoms. The third-order valence-electron chi connectivity index (χ3n) is 3.38. The maximum atomic E-state index is 5.50. The van der Waals surface area contributed by atoms with Crippen LogP contribution in [-0.2, 0) is 9.47 Å². The standard InChI is InChI=1S/C9H18O2.C6H5N/c1-2-3-4-5-9-8-10-6-7-11-9;7-6-3-4-1-2-5(4)6/h9H,2-8H2,1H3;1-3H,7H2. The zero-order chi connectivity index (χ0) is 12.8. The summed E-state index contributed by atoms with van der Waals surface area (Å²) in [6.07, 6.45) is 5.45. The van der Waals surface area contributed by atoms with E-state index in [-0.39, 0.29) is 0 Å². The van der Waals surface area contributed by atoms with Crippen molar-refractivity contribution in [3.63, 3.8) is 0 Å². The lowest BCUT2D eigenvalue weighted by Gasteiger charge is -2.22. The van der Waals surface area contributed by atoms with Crippen molar-refractivity contribution < 1.29 is 9.47 Å². The Morgan fingerprint density at radius 1 is 1.28 bits per heavy atom. The number of hydrogen-bond acceptors (Lipinski definition) is 3. The highest BCUT2D eigenvalue weighted by Crippen LogP contribution is 2.16. The largest absolute Gasteiger partial charge is 0.398 e. The Balaban J connectivity index is 0.000000146. The second-order valence-electron chi connectivity index (χ2n) is 4.87. The first-order valence-electron chi connectivity index (χ1n) is 6.90. The van der Waals surface area contributed by atoms with Gasteiger partial charge in [-0.1, -0.05) is 38.3 Å². The van der Waals surface area contributed by atoms with Crippen molar-refractivity contribution in [3.8, 4) is 0 Å². The van der Waals surface area contributed by atoms with E-state index in [2.05, 4.69) is 13.0 Å². The zero-order valence-corrected chi connectivity index (χ0v) is 11.2. The molecule has 0 radical (unpaired) electrons. The van der Waals surface area contributed by atoms with E-state index in [1.54, 1.807) is 0 Å². The molecule has 1 aliphatic heterocycles. The SMILES string of the molecule is CCCCCC1COCCO1.Nc1cc2ccc1=2. The molecule has 100 valence electrons. The summed E-state index contributed by atoms with van der Waals surface area (Å²) in [5.41, 5.74) is 6.36.